The maximum atomic E-state index is 6.06. The van der Waals surface area contributed by atoms with Crippen molar-refractivity contribution in [2.75, 3.05) is 39.1 Å². The van der Waals surface area contributed by atoms with E-state index in [4.69, 9.17) is 22.1 Å². The quantitative estimate of drug-likeness (QED) is 0.659. The first kappa shape index (κ1) is 14.9. The third-order valence-electron chi connectivity index (χ3n) is 3.43. The van der Waals surface area contributed by atoms with Gasteiger partial charge in [-0.3, -0.25) is 4.99 Å². The summed E-state index contributed by atoms with van der Waals surface area (Å²) < 4.78 is 5.10. The normalized spacial score (nSPS) is 20.1. The molecule has 20 heavy (non-hydrogen) atoms. The van der Waals surface area contributed by atoms with Crippen molar-refractivity contribution in [3.8, 4) is 5.75 Å². The molecule has 110 valence electrons. The molecular formula is C14H21ClN4O. The van der Waals surface area contributed by atoms with Crippen molar-refractivity contribution >= 4 is 23.2 Å². The van der Waals surface area contributed by atoms with E-state index in [0.717, 1.165) is 25.3 Å². The lowest BCUT2D eigenvalue weighted by atomic mass is 10.1. The van der Waals surface area contributed by atoms with Gasteiger partial charge in [0.15, 0.2) is 5.96 Å². The molecule has 1 aliphatic heterocycles. The lowest BCUT2D eigenvalue weighted by molar-refractivity contribution is 0.397. The van der Waals surface area contributed by atoms with Crippen LogP contribution in [0.2, 0.25) is 5.02 Å². The fourth-order valence-electron chi connectivity index (χ4n) is 2.33. The average Bonchev–Trinajstić information content (AvgIpc) is 2.82. The standard InChI is InChI=1S/C14H21ClN4O/c1-19-6-5-10(9-19)8-17-14(16)18-11-3-4-13(20-2)12(15)7-11/h3-4,7,10H,5-6,8-9H2,1-2H3,(H3,16,17,18). The van der Waals surface area contributed by atoms with E-state index in [1.807, 2.05) is 6.07 Å². The van der Waals surface area contributed by atoms with Crippen molar-refractivity contribution in [1.29, 1.82) is 0 Å². The molecule has 6 heteroatoms. The van der Waals surface area contributed by atoms with E-state index >= 15 is 0 Å². The van der Waals surface area contributed by atoms with Gasteiger partial charge in [-0.2, -0.15) is 0 Å². The summed E-state index contributed by atoms with van der Waals surface area (Å²) in [4.78, 5) is 6.70. The van der Waals surface area contributed by atoms with Crippen molar-refractivity contribution in [3.63, 3.8) is 0 Å². The first-order valence-corrected chi connectivity index (χ1v) is 7.05. The maximum absolute atomic E-state index is 6.06. The van der Waals surface area contributed by atoms with Crippen LogP contribution in [-0.2, 0) is 0 Å². The number of nitrogens with two attached hydrogens (primary N) is 1. The second-order valence-electron chi connectivity index (χ2n) is 5.12. The Bertz CT molecular complexity index is 492. The van der Waals surface area contributed by atoms with Gasteiger partial charge in [-0.25, -0.2) is 0 Å². The van der Waals surface area contributed by atoms with Gasteiger partial charge in [0.2, 0.25) is 0 Å². The summed E-state index contributed by atoms with van der Waals surface area (Å²) in [6.45, 7) is 2.99. The number of nitrogens with one attached hydrogen (secondary N) is 1. The number of hydrogen-bond donors (Lipinski definition) is 2. The minimum Gasteiger partial charge on any atom is -0.495 e. The van der Waals surface area contributed by atoms with Crippen LogP contribution < -0.4 is 15.8 Å². The minimum atomic E-state index is 0.417. The third-order valence-corrected chi connectivity index (χ3v) is 3.73. The number of likely N-dealkylation sites (tertiary alicyclic amines) is 1. The molecule has 1 aromatic carbocycles. The summed E-state index contributed by atoms with van der Waals surface area (Å²) >= 11 is 6.06. The lowest BCUT2D eigenvalue weighted by Crippen LogP contribution is -2.24. The number of guanidine groups is 1. The molecule has 1 atom stereocenters. The Morgan fingerprint density at radius 2 is 2.40 bits per heavy atom. The van der Waals surface area contributed by atoms with Crippen LogP contribution in [0.15, 0.2) is 23.2 Å². The van der Waals surface area contributed by atoms with Crippen LogP contribution in [0.5, 0.6) is 5.75 Å². The molecular weight excluding hydrogens is 276 g/mol. The fraction of sp³-hybridized carbons (Fsp3) is 0.500. The van der Waals surface area contributed by atoms with Crippen LogP contribution in [-0.4, -0.2) is 44.7 Å². The number of benzene rings is 1. The van der Waals surface area contributed by atoms with Gasteiger partial charge in [0.05, 0.1) is 12.1 Å². The second kappa shape index (κ2) is 6.81. The Morgan fingerprint density at radius 3 is 3.00 bits per heavy atom. The number of hydrogen-bond acceptors (Lipinski definition) is 3. The van der Waals surface area contributed by atoms with Crippen molar-refractivity contribution in [1.82, 2.24) is 4.90 Å². The molecule has 5 nitrogen and oxygen atoms in total. The van der Waals surface area contributed by atoms with Gasteiger partial charge in [-0.1, -0.05) is 11.6 Å². The molecule has 0 radical (unpaired) electrons. The van der Waals surface area contributed by atoms with Crippen LogP contribution in [0.25, 0.3) is 0 Å². The summed E-state index contributed by atoms with van der Waals surface area (Å²) in [5.41, 5.74) is 6.70. The van der Waals surface area contributed by atoms with E-state index in [1.165, 1.54) is 6.42 Å². The van der Waals surface area contributed by atoms with E-state index in [-0.39, 0.29) is 0 Å². The van der Waals surface area contributed by atoms with Crippen LogP contribution in [0.1, 0.15) is 6.42 Å². The van der Waals surface area contributed by atoms with Gasteiger partial charge in [-0.15, -0.1) is 0 Å². The Balaban J connectivity index is 1.90. The first-order chi connectivity index (χ1) is 9.58. The van der Waals surface area contributed by atoms with Crippen LogP contribution in [0, 0.1) is 5.92 Å². The minimum absolute atomic E-state index is 0.417. The van der Waals surface area contributed by atoms with Gasteiger partial charge >= 0.3 is 0 Å². The maximum Gasteiger partial charge on any atom is 0.193 e. The predicted molar refractivity (Wildman–Crippen MR) is 83.7 cm³/mol. The highest BCUT2D eigenvalue weighted by atomic mass is 35.5. The zero-order valence-electron chi connectivity index (χ0n) is 11.9. The van der Waals surface area contributed by atoms with E-state index in [0.29, 0.717) is 22.6 Å². The van der Waals surface area contributed by atoms with Crippen LogP contribution in [0.4, 0.5) is 5.69 Å². The van der Waals surface area contributed by atoms with Crippen molar-refractivity contribution < 1.29 is 4.74 Å². The zero-order chi connectivity index (χ0) is 14.5. The Labute approximate surface area is 124 Å². The molecule has 1 fully saturated rings. The number of rotatable bonds is 4. The molecule has 3 N–H and O–H groups in total. The predicted octanol–water partition coefficient (Wildman–Crippen LogP) is 2.03. The summed E-state index contributed by atoms with van der Waals surface area (Å²) in [7, 11) is 3.72. The van der Waals surface area contributed by atoms with Crippen molar-refractivity contribution in [2.45, 2.75) is 6.42 Å². The summed E-state index contributed by atoms with van der Waals surface area (Å²) in [5.74, 6) is 1.65. The van der Waals surface area contributed by atoms with Crippen LogP contribution >= 0.6 is 11.6 Å². The molecule has 0 bridgehead atoms. The highest BCUT2D eigenvalue weighted by Gasteiger charge is 2.18. The highest BCUT2D eigenvalue weighted by molar-refractivity contribution is 6.32. The SMILES string of the molecule is COc1ccc(NC(N)=NCC2CCN(C)C2)cc1Cl. The number of halogens is 1. The van der Waals surface area contributed by atoms with E-state index in [9.17, 15) is 0 Å². The lowest BCUT2D eigenvalue weighted by Gasteiger charge is -2.10. The smallest absolute Gasteiger partial charge is 0.193 e. The molecule has 1 aliphatic rings. The molecule has 0 amide bonds. The largest absolute Gasteiger partial charge is 0.495 e. The highest BCUT2D eigenvalue weighted by Crippen LogP contribution is 2.27. The van der Waals surface area contributed by atoms with Gasteiger partial charge < -0.3 is 20.7 Å². The Hall–Kier alpha value is -1.46. The molecule has 1 saturated heterocycles. The first-order valence-electron chi connectivity index (χ1n) is 6.67. The molecule has 0 aromatic heterocycles. The molecule has 1 unspecified atom stereocenters. The molecule has 1 heterocycles. The number of aliphatic imine (C=N–C) groups is 1. The zero-order valence-corrected chi connectivity index (χ0v) is 12.7. The van der Waals surface area contributed by atoms with E-state index < -0.39 is 0 Å². The summed E-state index contributed by atoms with van der Waals surface area (Å²) in [6.07, 6.45) is 1.18. The topological polar surface area (TPSA) is 62.9 Å². The molecule has 0 aliphatic carbocycles. The Morgan fingerprint density at radius 1 is 1.60 bits per heavy atom. The number of methoxy groups -OCH3 is 1. The molecule has 2 rings (SSSR count). The fourth-order valence-corrected chi connectivity index (χ4v) is 2.59. The number of nitrogens with zero attached hydrogens (tertiary/aromatic N) is 2. The van der Waals surface area contributed by atoms with Gasteiger partial charge in [0.25, 0.3) is 0 Å². The number of ether oxygens (including phenoxy) is 1. The van der Waals surface area contributed by atoms with Gasteiger partial charge in [0.1, 0.15) is 5.75 Å². The second-order valence-corrected chi connectivity index (χ2v) is 5.52. The number of anilines is 1. The molecule has 1 aromatic rings. The van der Waals surface area contributed by atoms with Crippen molar-refractivity contribution in [3.05, 3.63) is 23.2 Å². The van der Waals surface area contributed by atoms with Gasteiger partial charge in [-0.05, 0) is 44.1 Å². The summed E-state index contributed by atoms with van der Waals surface area (Å²) in [5, 5.41) is 3.59. The molecule has 0 saturated carbocycles. The monoisotopic (exact) mass is 296 g/mol. The van der Waals surface area contributed by atoms with E-state index in [2.05, 4.69) is 22.3 Å². The van der Waals surface area contributed by atoms with Crippen molar-refractivity contribution in [2.24, 2.45) is 16.6 Å². The third kappa shape index (κ3) is 4.02. The van der Waals surface area contributed by atoms with Gasteiger partial charge in [0, 0.05) is 18.8 Å². The average molecular weight is 297 g/mol. The Kier molecular flexibility index (Phi) is 5.09. The van der Waals surface area contributed by atoms with Crippen LogP contribution in [0.3, 0.4) is 0 Å². The van der Waals surface area contributed by atoms with E-state index in [1.54, 1.807) is 19.2 Å². The molecule has 0 spiro atoms. The summed E-state index contributed by atoms with van der Waals surface area (Å²) in [6, 6.07) is 5.42.